The topological polar surface area (TPSA) is 60.6 Å². The molecule has 0 saturated carbocycles. The third kappa shape index (κ3) is 2.86. The number of hydrogen-bond donors (Lipinski definition) is 1. The van der Waals surface area contributed by atoms with Gasteiger partial charge >= 0.3 is 0 Å². The Kier molecular flexibility index (Phi) is 3.86. The standard InChI is InChI=1S/C20H17N6S/c1-2-25-8-6-17-19(25)20(22-12-21-17)24-15-3-4-18-14(9-15)5-7-26(18)10-16-11-27-13-23-16/h3-9,11-13H,1-2,10H2,(H,21,22,24). The van der Waals surface area contributed by atoms with Crippen molar-refractivity contribution in [2.75, 3.05) is 5.32 Å². The van der Waals surface area contributed by atoms with Gasteiger partial charge in [0.2, 0.25) is 0 Å². The smallest absolute Gasteiger partial charge is 0.158 e. The molecular formula is C20H17N6S. The average molecular weight is 373 g/mol. The normalized spacial score (nSPS) is 11.4. The molecule has 133 valence electrons. The molecule has 0 aliphatic rings. The Morgan fingerprint density at radius 2 is 1.96 bits per heavy atom. The second-order valence-corrected chi connectivity index (χ2v) is 7.01. The van der Waals surface area contributed by atoms with Crippen LogP contribution in [0.3, 0.4) is 0 Å². The second-order valence-electron chi connectivity index (χ2n) is 6.29. The lowest BCUT2D eigenvalue weighted by atomic mass is 10.2. The number of rotatable bonds is 5. The van der Waals surface area contributed by atoms with E-state index >= 15 is 0 Å². The van der Waals surface area contributed by atoms with Crippen LogP contribution in [0, 0.1) is 6.92 Å². The molecule has 0 amide bonds. The Hall–Kier alpha value is -3.19. The van der Waals surface area contributed by atoms with Gasteiger partial charge in [-0.1, -0.05) is 0 Å². The van der Waals surface area contributed by atoms with Gasteiger partial charge < -0.3 is 14.5 Å². The fourth-order valence-corrected chi connectivity index (χ4v) is 3.90. The van der Waals surface area contributed by atoms with E-state index in [-0.39, 0.29) is 0 Å². The molecule has 5 rings (SSSR count). The highest BCUT2D eigenvalue weighted by molar-refractivity contribution is 7.07. The lowest BCUT2D eigenvalue weighted by molar-refractivity contribution is 0.814. The summed E-state index contributed by atoms with van der Waals surface area (Å²) in [5.74, 6) is 0.787. The Bertz CT molecular complexity index is 1220. The van der Waals surface area contributed by atoms with Gasteiger partial charge in [-0.15, -0.1) is 11.3 Å². The molecule has 27 heavy (non-hydrogen) atoms. The molecule has 0 spiro atoms. The fraction of sp³-hybridized carbons (Fsp3) is 0.100. The summed E-state index contributed by atoms with van der Waals surface area (Å²) in [6, 6.07) is 10.4. The van der Waals surface area contributed by atoms with Crippen molar-refractivity contribution < 1.29 is 0 Å². The maximum atomic E-state index is 4.44. The molecule has 7 heteroatoms. The van der Waals surface area contributed by atoms with Crippen molar-refractivity contribution in [2.45, 2.75) is 13.1 Å². The molecule has 1 radical (unpaired) electrons. The quantitative estimate of drug-likeness (QED) is 0.494. The maximum Gasteiger partial charge on any atom is 0.158 e. The Morgan fingerprint density at radius 1 is 1.04 bits per heavy atom. The summed E-state index contributed by atoms with van der Waals surface area (Å²) >= 11 is 1.62. The van der Waals surface area contributed by atoms with Crippen LogP contribution in [0.15, 0.2) is 59.9 Å². The van der Waals surface area contributed by atoms with E-state index < -0.39 is 0 Å². The minimum Gasteiger partial charge on any atom is -0.343 e. The first-order chi connectivity index (χ1) is 13.3. The summed E-state index contributed by atoms with van der Waals surface area (Å²) in [6.07, 6.45) is 5.67. The summed E-state index contributed by atoms with van der Waals surface area (Å²) in [5.41, 5.74) is 7.00. The highest BCUT2D eigenvalue weighted by Crippen LogP contribution is 2.27. The molecule has 0 aliphatic carbocycles. The first kappa shape index (κ1) is 16.0. The predicted molar refractivity (Wildman–Crippen MR) is 109 cm³/mol. The van der Waals surface area contributed by atoms with Crippen molar-refractivity contribution in [3.05, 3.63) is 72.6 Å². The van der Waals surface area contributed by atoms with E-state index in [1.54, 1.807) is 17.7 Å². The SMILES string of the molecule is [CH2]Cn1ccc2ncnc(Nc3ccc4c(ccn4Cc4cscn4)c3)c21. The largest absolute Gasteiger partial charge is 0.343 e. The lowest BCUT2D eigenvalue weighted by Gasteiger charge is -2.10. The number of benzene rings is 1. The van der Waals surface area contributed by atoms with Gasteiger partial charge in [0.1, 0.15) is 11.8 Å². The molecule has 4 heterocycles. The van der Waals surface area contributed by atoms with E-state index in [2.05, 4.69) is 67.6 Å². The van der Waals surface area contributed by atoms with Crippen LogP contribution in [0.25, 0.3) is 21.9 Å². The maximum absolute atomic E-state index is 4.44. The molecule has 1 aromatic carbocycles. The Labute approximate surface area is 160 Å². The first-order valence-electron chi connectivity index (χ1n) is 8.64. The lowest BCUT2D eigenvalue weighted by Crippen LogP contribution is -2.01. The van der Waals surface area contributed by atoms with Gasteiger partial charge in [0, 0.05) is 40.9 Å². The number of fused-ring (bicyclic) bond motifs is 2. The summed E-state index contributed by atoms with van der Waals surface area (Å²) in [7, 11) is 0. The summed E-state index contributed by atoms with van der Waals surface area (Å²) in [4.78, 5) is 13.1. The molecule has 0 bridgehead atoms. The highest BCUT2D eigenvalue weighted by atomic mass is 32.1. The van der Waals surface area contributed by atoms with Gasteiger partial charge in [-0.25, -0.2) is 15.0 Å². The van der Waals surface area contributed by atoms with Crippen molar-refractivity contribution in [1.29, 1.82) is 0 Å². The van der Waals surface area contributed by atoms with E-state index in [0.29, 0.717) is 6.54 Å². The summed E-state index contributed by atoms with van der Waals surface area (Å²) in [6.45, 7) is 5.38. The van der Waals surface area contributed by atoms with Crippen LogP contribution in [0.1, 0.15) is 5.69 Å². The molecule has 4 aromatic heterocycles. The van der Waals surface area contributed by atoms with Crippen LogP contribution >= 0.6 is 11.3 Å². The molecule has 6 nitrogen and oxygen atoms in total. The van der Waals surface area contributed by atoms with E-state index in [1.807, 2.05) is 22.3 Å². The highest BCUT2D eigenvalue weighted by Gasteiger charge is 2.10. The zero-order chi connectivity index (χ0) is 18.2. The third-order valence-electron chi connectivity index (χ3n) is 4.64. The monoisotopic (exact) mass is 373 g/mol. The number of thiazole rings is 1. The van der Waals surface area contributed by atoms with Crippen LogP contribution in [0.5, 0.6) is 0 Å². The van der Waals surface area contributed by atoms with Gasteiger partial charge in [0.05, 0.1) is 23.3 Å². The predicted octanol–water partition coefficient (Wildman–Crippen LogP) is 4.47. The molecule has 0 unspecified atom stereocenters. The van der Waals surface area contributed by atoms with Crippen molar-refractivity contribution in [3.63, 3.8) is 0 Å². The van der Waals surface area contributed by atoms with Crippen molar-refractivity contribution in [2.24, 2.45) is 0 Å². The van der Waals surface area contributed by atoms with E-state index in [1.165, 1.54) is 10.9 Å². The number of aromatic nitrogens is 5. The number of hydrogen-bond acceptors (Lipinski definition) is 5. The van der Waals surface area contributed by atoms with Crippen LogP contribution < -0.4 is 5.32 Å². The Morgan fingerprint density at radius 3 is 2.81 bits per heavy atom. The summed E-state index contributed by atoms with van der Waals surface area (Å²) in [5, 5.41) is 6.69. The van der Waals surface area contributed by atoms with Crippen molar-refractivity contribution >= 4 is 44.8 Å². The van der Waals surface area contributed by atoms with Gasteiger partial charge in [0.15, 0.2) is 5.82 Å². The van der Waals surface area contributed by atoms with Crippen LogP contribution in [-0.4, -0.2) is 24.1 Å². The van der Waals surface area contributed by atoms with Gasteiger partial charge in [0.25, 0.3) is 0 Å². The van der Waals surface area contributed by atoms with Crippen molar-refractivity contribution in [3.8, 4) is 0 Å². The minimum absolute atomic E-state index is 0.629. The molecule has 5 aromatic rings. The molecular weight excluding hydrogens is 356 g/mol. The summed E-state index contributed by atoms with van der Waals surface area (Å²) < 4.78 is 4.26. The fourth-order valence-electron chi connectivity index (χ4n) is 3.35. The van der Waals surface area contributed by atoms with E-state index in [9.17, 15) is 0 Å². The number of nitrogens with zero attached hydrogens (tertiary/aromatic N) is 5. The van der Waals surface area contributed by atoms with E-state index in [4.69, 9.17) is 0 Å². The molecule has 0 saturated heterocycles. The number of nitrogens with one attached hydrogen (secondary N) is 1. The van der Waals surface area contributed by atoms with Gasteiger partial charge in [-0.2, -0.15) is 0 Å². The second kappa shape index (κ2) is 6.51. The number of anilines is 2. The van der Waals surface area contributed by atoms with Gasteiger partial charge in [-0.05, 0) is 37.3 Å². The van der Waals surface area contributed by atoms with Gasteiger partial charge in [-0.3, -0.25) is 0 Å². The third-order valence-corrected chi connectivity index (χ3v) is 5.28. The molecule has 0 atom stereocenters. The van der Waals surface area contributed by atoms with Crippen LogP contribution in [0.4, 0.5) is 11.5 Å². The van der Waals surface area contributed by atoms with Crippen LogP contribution in [-0.2, 0) is 13.1 Å². The minimum atomic E-state index is 0.629. The molecule has 0 fully saturated rings. The van der Waals surface area contributed by atoms with E-state index in [0.717, 1.165) is 34.8 Å². The average Bonchev–Trinajstić information content (AvgIpc) is 3.42. The molecule has 0 aliphatic heterocycles. The van der Waals surface area contributed by atoms with Crippen LogP contribution in [0.2, 0.25) is 0 Å². The Balaban J connectivity index is 1.49. The van der Waals surface area contributed by atoms with Crippen molar-refractivity contribution in [1.82, 2.24) is 24.1 Å². The first-order valence-corrected chi connectivity index (χ1v) is 9.58. The zero-order valence-corrected chi connectivity index (χ0v) is 15.4. The molecule has 1 N–H and O–H groups in total. The zero-order valence-electron chi connectivity index (χ0n) is 14.5.